The molecule has 0 unspecified atom stereocenters. The number of hydrogen-bond acceptors (Lipinski definition) is 3. The van der Waals surface area contributed by atoms with E-state index in [4.69, 9.17) is 10.5 Å². The first-order chi connectivity index (χ1) is 8.08. The SMILES string of the molecule is Cc1ccc(F)c(Oc2c(N)cncc2Br)c1. The third-order valence-electron chi connectivity index (χ3n) is 2.18. The van der Waals surface area contributed by atoms with Gasteiger partial charge >= 0.3 is 0 Å². The van der Waals surface area contributed by atoms with Gasteiger partial charge in [0.15, 0.2) is 17.3 Å². The van der Waals surface area contributed by atoms with Crippen LogP contribution in [0.3, 0.4) is 0 Å². The zero-order valence-corrected chi connectivity index (χ0v) is 10.7. The number of aromatic nitrogens is 1. The molecule has 1 aromatic heterocycles. The van der Waals surface area contributed by atoms with Crippen LogP contribution in [0.25, 0.3) is 0 Å². The van der Waals surface area contributed by atoms with Gasteiger partial charge in [0.2, 0.25) is 0 Å². The molecule has 0 saturated heterocycles. The number of aryl methyl sites for hydroxylation is 1. The summed E-state index contributed by atoms with van der Waals surface area (Å²) in [4.78, 5) is 3.88. The van der Waals surface area contributed by atoms with E-state index in [1.165, 1.54) is 12.3 Å². The first kappa shape index (κ1) is 11.9. The van der Waals surface area contributed by atoms with Gasteiger partial charge in [0, 0.05) is 6.20 Å². The lowest BCUT2D eigenvalue weighted by Gasteiger charge is -2.10. The second-order valence-corrected chi connectivity index (χ2v) is 4.43. The largest absolute Gasteiger partial charge is 0.451 e. The Kier molecular flexibility index (Phi) is 3.28. The van der Waals surface area contributed by atoms with Crippen LogP contribution < -0.4 is 10.5 Å². The monoisotopic (exact) mass is 296 g/mol. The molecule has 5 heteroatoms. The molecule has 0 radical (unpaired) electrons. The van der Waals surface area contributed by atoms with Crippen molar-refractivity contribution < 1.29 is 9.13 Å². The molecule has 0 amide bonds. The van der Waals surface area contributed by atoms with Gasteiger partial charge < -0.3 is 10.5 Å². The van der Waals surface area contributed by atoms with Crippen molar-refractivity contribution in [1.29, 1.82) is 0 Å². The fourth-order valence-electron chi connectivity index (χ4n) is 1.34. The van der Waals surface area contributed by atoms with E-state index in [9.17, 15) is 4.39 Å². The lowest BCUT2D eigenvalue weighted by atomic mass is 10.2. The van der Waals surface area contributed by atoms with Gasteiger partial charge in [0.05, 0.1) is 16.4 Å². The third-order valence-corrected chi connectivity index (χ3v) is 2.74. The van der Waals surface area contributed by atoms with Crippen LogP contribution in [0.4, 0.5) is 10.1 Å². The molecule has 0 aliphatic rings. The smallest absolute Gasteiger partial charge is 0.167 e. The summed E-state index contributed by atoms with van der Waals surface area (Å²) in [7, 11) is 0. The highest BCUT2D eigenvalue weighted by Crippen LogP contribution is 2.35. The van der Waals surface area contributed by atoms with E-state index < -0.39 is 5.82 Å². The van der Waals surface area contributed by atoms with Crippen LogP contribution in [-0.2, 0) is 0 Å². The van der Waals surface area contributed by atoms with Crippen LogP contribution >= 0.6 is 15.9 Å². The van der Waals surface area contributed by atoms with Crippen molar-refractivity contribution in [3.05, 3.63) is 46.4 Å². The van der Waals surface area contributed by atoms with Crippen molar-refractivity contribution in [2.45, 2.75) is 6.92 Å². The van der Waals surface area contributed by atoms with Gasteiger partial charge in [-0.2, -0.15) is 0 Å². The number of halogens is 2. The first-order valence-electron chi connectivity index (χ1n) is 4.91. The minimum absolute atomic E-state index is 0.142. The number of nitrogens with two attached hydrogens (primary N) is 1. The lowest BCUT2D eigenvalue weighted by molar-refractivity contribution is 0.441. The van der Waals surface area contributed by atoms with Crippen LogP contribution in [0, 0.1) is 12.7 Å². The molecule has 2 aromatic rings. The average molecular weight is 297 g/mol. The number of rotatable bonds is 2. The number of nitrogens with zero attached hydrogens (tertiary/aromatic N) is 1. The zero-order chi connectivity index (χ0) is 12.4. The quantitative estimate of drug-likeness (QED) is 0.920. The average Bonchev–Trinajstić information content (AvgIpc) is 2.28. The second-order valence-electron chi connectivity index (χ2n) is 3.58. The summed E-state index contributed by atoms with van der Waals surface area (Å²) in [5.41, 5.74) is 6.97. The predicted molar refractivity (Wildman–Crippen MR) is 67.6 cm³/mol. The van der Waals surface area contributed by atoms with E-state index >= 15 is 0 Å². The summed E-state index contributed by atoms with van der Waals surface area (Å²) in [6, 6.07) is 4.64. The fraction of sp³-hybridized carbons (Fsp3) is 0.0833. The summed E-state index contributed by atoms with van der Waals surface area (Å²) in [6.45, 7) is 1.86. The summed E-state index contributed by atoms with van der Waals surface area (Å²) in [5, 5.41) is 0. The predicted octanol–water partition coefficient (Wildman–Crippen LogP) is 3.67. The minimum atomic E-state index is -0.432. The van der Waals surface area contributed by atoms with Crippen molar-refractivity contribution in [3.8, 4) is 11.5 Å². The number of nitrogen functional groups attached to an aromatic ring is 1. The van der Waals surface area contributed by atoms with Crippen LogP contribution in [0.2, 0.25) is 0 Å². The van der Waals surface area contributed by atoms with E-state index in [1.807, 2.05) is 6.92 Å². The van der Waals surface area contributed by atoms with E-state index in [2.05, 4.69) is 20.9 Å². The van der Waals surface area contributed by atoms with Crippen LogP contribution in [0.1, 0.15) is 5.56 Å². The molecule has 1 aromatic carbocycles. The number of anilines is 1. The lowest BCUT2D eigenvalue weighted by Crippen LogP contribution is -1.96. The van der Waals surface area contributed by atoms with Crippen molar-refractivity contribution in [1.82, 2.24) is 4.98 Å². The maximum atomic E-state index is 13.5. The maximum absolute atomic E-state index is 13.5. The van der Waals surface area contributed by atoms with Gasteiger partial charge in [0.1, 0.15) is 0 Å². The van der Waals surface area contributed by atoms with Gasteiger partial charge in [-0.05, 0) is 40.5 Å². The van der Waals surface area contributed by atoms with Crippen molar-refractivity contribution in [2.75, 3.05) is 5.73 Å². The molecule has 2 N–H and O–H groups in total. The van der Waals surface area contributed by atoms with E-state index in [0.717, 1.165) is 5.56 Å². The Morgan fingerprint density at radius 3 is 2.82 bits per heavy atom. The molecule has 2 rings (SSSR count). The maximum Gasteiger partial charge on any atom is 0.167 e. The summed E-state index contributed by atoms with van der Waals surface area (Å²) >= 11 is 3.26. The molecule has 0 aliphatic heterocycles. The first-order valence-corrected chi connectivity index (χ1v) is 5.70. The number of pyridine rings is 1. The molecule has 88 valence electrons. The van der Waals surface area contributed by atoms with Crippen LogP contribution in [0.5, 0.6) is 11.5 Å². The van der Waals surface area contributed by atoms with Gasteiger partial charge in [0.25, 0.3) is 0 Å². The highest BCUT2D eigenvalue weighted by molar-refractivity contribution is 9.10. The Morgan fingerprint density at radius 1 is 1.35 bits per heavy atom. The molecule has 1 heterocycles. The molecule has 0 saturated carbocycles. The van der Waals surface area contributed by atoms with Crippen molar-refractivity contribution >= 4 is 21.6 Å². The number of ether oxygens (including phenoxy) is 1. The molecule has 0 fully saturated rings. The van der Waals surface area contributed by atoms with E-state index in [-0.39, 0.29) is 5.75 Å². The molecular weight excluding hydrogens is 287 g/mol. The molecule has 0 bridgehead atoms. The zero-order valence-electron chi connectivity index (χ0n) is 9.08. The highest BCUT2D eigenvalue weighted by atomic mass is 79.9. The molecule has 0 spiro atoms. The Hall–Kier alpha value is -1.62. The molecule has 0 aliphatic carbocycles. The topological polar surface area (TPSA) is 48.1 Å². The van der Waals surface area contributed by atoms with Gasteiger partial charge in [-0.15, -0.1) is 0 Å². The van der Waals surface area contributed by atoms with Gasteiger partial charge in [-0.3, -0.25) is 4.98 Å². The second kappa shape index (κ2) is 4.71. The van der Waals surface area contributed by atoms with Gasteiger partial charge in [-0.1, -0.05) is 6.07 Å². The number of hydrogen-bond donors (Lipinski definition) is 1. The normalized spacial score (nSPS) is 10.3. The molecular formula is C12H10BrFN2O. The Bertz CT molecular complexity index is 540. The minimum Gasteiger partial charge on any atom is -0.451 e. The van der Waals surface area contributed by atoms with Crippen LogP contribution in [0.15, 0.2) is 35.1 Å². The highest BCUT2D eigenvalue weighted by Gasteiger charge is 2.10. The standard InChI is InChI=1S/C12H10BrFN2O/c1-7-2-3-9(14)11(4-7)17-12-8(13)5-16-6-10(12)15/h2-6H,15H2,1H3. The van der Waals surface area contributed by atoms with Crippen molar-refractivity contribution in [3.63, 3.8) is 0 Å². The summed E-state index contributed by atoms with van der Waals surface area (Å²) in [5.74, 6) is 0.0758. The Balaban J connectivity index is 2.41. The molecule has 0 atom stereocenters. The Labute approximate surface area is 107 Å². The van der Waals surface area contributed by atoms with Crippen molar-refractivity contribution in [2.24, 2.45) is 0 Å². The summed E-state index contributed by atoms with van der Waals surface area (Å²) in [6.07, 6.45) is 2.99. The van der Waals surface area contributed by atoms with Gasteiger partial charge in [-0.25, -0.2) is 4.39 Å². The third kappa shape index (κ3) is 2.55. The van der Waals surface area contributed by atoms with E-state index in [1.54, 1.807) is 18.3 Å². The molecule has 3 nitrogen and oxygen atoms in total. The van der Waals surface area contributed by atoms with E-state index in [0.29, 0.717) is 15.9 Å². The summed E-state index contributed by atoms with van der Waals surface area (Å²) < 4.78 is 19.6. The molecule has 17 heavy (non-hydrogen) atoms. The Morgan fingerprint density at radius 2 is 2.12 bits per heavy atom. The van der Waals surface area contributed by atoms with Crippen LogP contribution in [-0.4, -0.2) is 4.98 Å². The fourth-order valence-corrected chi connectivity index (χ4v) is 1.77. The number of benzene rings is 1.